The molecule has 1 nitrogen and oxygen atoms in total. The molecule has 1 aliphatic rings. The van der Waals surface area contributed by atoms with E-state index in [0.717, 1.165) is 6.42 Å². The van der Waals surface area contributed by atoms with Crippen molar-refractivity contribution in [2.75, 3.05) is 7.05 Å². The van der Waals surface area contributed by atoms with Crippen molar-refractivity contribution in [1.29, 1.82) is 0 Å². The molecule has 0 aliphatic heterocycles. The van der Waals surface area contributed by atoms with Gasteiger partial charge in [0.15, 0.2) is 0 Å². The van der Waals surface area contributed by atoms with Gasteiger partial charge in [-0.15, -0.1) is 0 Å². The maximum atomic E-state index is 3.28. The second kappa shape index (κ2) is 2.59. The first-order valence-electron chi connectivity index (χ1n) is 3.70. The minimum absolute atomic E-state index is 0.193. The first-order valence-corrected chi connectivity index (χ1v) is 3.70. The standard InChI is InChI=1S/C9H15N/c1-8-5-4-6-9(2,7-8)10-3/h4-6,10H,7H2,1-3H3. The van der Waals surface area contributed by atoms with Gasteiger partial charge in [0, 0.05) is 5.54 Å². The maximum absolute atomic E-state index is 3.28. The minimum Gasteiger partial charge on any atom is -0.311 e. The molecule has 1 N–H and O–H groups in total. The third kappa shape index (κ3) is 1.48. The smallest absolute Gasteiger partial charge is 0.0373 e. The summed E-state index contributed by atoms with van der Waals surface area (Å²) in [6.45, 7) is 4.37. The Morgan fingerprint density at radius 3 is 2.70 bits per heavy atom. The highest BCUT2D eigenvalue weighted by atomic mass is 14.9. The molecule has 1 atom stereocenters. The third-order valence-corrected chi connectivity index (χ3v) is 2.06. The van der Waals surface area contributed by atoms with Gasteiger partial charge in [-0.2, -0.15) is 0 Å². The van der Waals surface area contributed by atoms with Gasteiger partial charge in [0.25, 0.3) is 0 Å². The monoisotopic (exact) mass is 137 g/mol. The Labute approximate surface area is 62.8 Å². The zero-order chi connectivity index (χ0) is 7.61. The summed E-state index contributed by atoms with van der Waals surface area (Å²) in [5.74, 6) is 0. The molecule has 0 saturated heterocycles. The van der Waals surface area contributed by atoms with Crippen LogP contribution < -0.4 is 5.32 Å². The SMILES string of the molecule is CNC1(C)C=CC=C(C)C1. The predicted molar refractivity (Wildman–Crippen MR) is 45.0 cm³/mol. The number of allylic oxidation sites excluding steroid dienone is 2. The second-order valence-corrected chi connectivity index (χ2v) is 3.22. The van der Waals surface area contributed by atoms with Crippen molar-refractivity contribution >= 4 is 0 Å². The summed E-state index contributed by atoms with van der Waals surface area (Å²) in [5, 5.41) is 3.28. The molecule has 0 fully saturated rings. The summed E-state index contributed by atoms with van der Waals surface area (Å²) in [6, 6.07) is 0. The van der Waals surface area contributed by atoms with Crippen LogP contribution in [0.15, 0.2) is 23.8 Å². The van der Waals surface area contributed by atoms with Crippen molar-refractivity contribution in [1.82, 2.24) is 5.32 Å². The van der Waals surface area contributed by atoms with Crippen molar-refractivity contribution in [2.24, 2.45) is 0 Å². The molecule has 1 aliphatic carbocycles. The summed E-state index contributed by atoms with van der Waals surface area (Å²) in [4.78, 5) is 0. The van der Waals surface area contributed by atoms with Crippen LogP contribution >= 0.6 is 0 Å². The molecule has 0 aromatic carbocycles. The Hall–Kier alpha value is -0.560. The molecule has 0 heterocycles. The average molecular weight is 137 g/mol. The lowest BCUT2D eigenvalue weighted by atomic mass is 9.89. The Bertz CT molecular complexity index is 179. The van der Waals surface area contributed by atoms with Crippen LogP contribution in [0.3, 0.4) is 0 Å². The fourth-order valence-electron chi connectivity index (χ4n) is 1.29. The first kappa shape index (κ1) is 7.55. The zero-order valence-corrected chi connectivity index (χ0v) is 6.94. The lowest BCUT2D eigenvalue weighted by molar-refractivity contribution is 0.470. The van der Waals surface area contributed by atoms with Crippen LogP contribution in [-0.4, -0.2) is 12.6 Å². The van der Waals surface area contributed by atoms with Crippen molar-refractivity contribution in [3.8, 4) is 0 Å². The van der Waals surface area contributed by atoms with Crippen molar-refractivity contribution in [3.63, 3.8) is 0 Å². The van der Waals surface area contributed by atoms with E-state index >= 15 is 0 Å². The zero-order valence-electron chi connectivity index (χ0n) is 6.94. The average Bonchev–Trinajstić information content (AvgIpc) is 1.88. The van der Waals surface area contributed by atoms with Crippen LogP contribution in [0.4, 0.5) is 0 Å². The van der Waals surface area contributed by atoms with E-state index in [1.807, 2.05) is 7.05 Å². The third-order valence-electron chi connectivity index (χ3n) is 2.06. The molecule has 0 radical (unpaired) electrons. The Balaban J connectivity index is 2.71. The molecule has 0 spiro atoms. The quantitative estimate of drug-likeness (QED) is 0.581. The molecule has 0 aromatic rings. The highest BCUT2D eigenvalue weighted by Gasteiger charge is 2.19. The lowest BCUT2D eigenvalue weighted by Crippen LogP contribution is -2.38. The van der Waals surface area contributed by atoms with E-state index in [1.165, 1.54) is 5.57 Å². The van der Waals surface area contributed by atoms with E-state index in [9.17, 15) is 0 Å². The Morgan fingerprint density at radius 1 is 1.60 bits per heavy atom. The van der Waals surface area contributed by atoms with Crippen molar-refractivity contribution in [3.05, 3.63) is 23.8 Å². The molecule has 1 unspecified atom stereocenters. The van der Waals surface area contributed by atoms with E-state index in [-0.39, 0.29) is 5.54 Å². The van der Waals surface area contributed by atoms with Crippen molar-refractivity contribution < 1.29 is 0 Å². The topological polar surface area (TPSA) is 12.0 Å². The van der Waals surface area contributed by atoms with Gasteiger partial charge in [-0.25, -0.2) is 0 Å². The van der Waals surface area contributed by atoms with Gasteiger partial charge in [-0.3, -0.25) is 0 Å². The van der Waals surface area contributed by atoms with E-state index < -0.39 is 0 Å². The number of nitrogens with one attached hydrogen (secondary N) is 1. The van der Waals surface area contributed by atoms with E-state index in [0.29, 0.717) is 0 Å². The van der Waals surface area contributed by atoms with E-state index in [4.69, 9.17) is 0 Å². The largest absolute Gasteiger partial charge is 0.311 e. The van der Waals surface area contributed by atoms with Crippen LogP contribution in [0, 0.1) is 0 Å². The van der Waals surface area contributed by atoms with E-state index in [2.05, 4.69) is 37.4 Å². The Morgan fingerprint density at radius 2 is 2.30 bits per heavy atom. The van der Waals surface area contributed by atoms with Crippen molar-refractivity contribution in [2.45, 2.75) is 25.8 Å². The molecule has 0 aromatic heterocycles. The second-order valence-electron chi connectivity index (χ2n) is 3.22. The van der Waals surface area contributed by atoms with Gasteiger partial charge < -0.3 is 5.32 Å². The minimum atomic E-state index is 0.193. The van der Waals surface area contributed by atoms with Crippen LogP contribution in [0.25, 0.3) is 0 Å². The molecule has 0 amide bonds. The molecule has 0 bridgehead atoms. The number of rotatable bonds is 1. The van der Waals surface area contributed by atoms with Gasteiger partial charge in [0.1, 0.15) is 0 Å². The summed E-state index contributed by atoms with van der Waals surface area (Å²) in [5.41, 5.74) is 1.64. The van der Waals surface area contributed by atoms with Crippen LogP contribution in [0.2, 0.25) is 0 Å². The van der Waals surface area contributed by atoms with Crippen LogP contribution in [0.1, 0.15) is 20.3 Å². The van der Waals surface area contributed by atoms with Gasteiger partial charge >= 0.3 is 0 Å². The highest BCUT2D eigenvalue weighted by Crippen LogP contribution is 2.21. The lowest BCUT2D eigenvalue weighted by Gasteiger charge is -2.28. The normalized spacial score (nSPS) is 32.1. The molecule has 56 valence electrons. The summed E-state index contributed by atoms with van der Waals surface area (Å²) in [6.07, 6.45) is 7.62. The molecule has 10 heavy (non-hydrogen) atoms. The molecular weight excluding hydrogens is 122 g/mol. The molecular formula is C9H15N. The van der Waals surface area contributed by atoms with Gasteiger partial charge in [-0.05, 0) is 27.3 Å². The summed E-state index contributed by atoms with van der Waals surface area (Å²) < 4.78 is 0. The first-order chi connectivity index (χ1) is 4.66. The number of hydrogen-bond donors (Lipinski definition) is 1. The van der Waals surface area contributed by atoms with Crippen LogP contribution in [-0.2, 0) is 0 Å². The molecule has 1 heteroatoms. The highest BCUT2D eigenvalue weighted by molar-refractivity contribution is 5.24. The predicted octanol–water partition coefficient (Wildman–Crippen LogP) is 1.87. The fraction of sp³-hybridized carbons (Fsp3) is 0.556. The van der Waals surface area contributed by atoms with Gasteiger partial charge in [0.05, 0.1) is 0 Å². The Kier molecular flexibility index (Phi) is 1.95. The summed E-state index contributed by atoms with van der Waals surface area (Å²) >= 11 is 0. The van der Waals surface area contributed by atoms with E-state index in [1.54, 1.807) is 0 Å². The molecule has 1 rings (SSSR count). The number of hydrogen-bond acceptors (Lipinski definition) is 1. The van der Waals surface area contributed by atoms with Crippen LogP contribution in [0.5, 0.6) is 0 Å². The fourth-order valence-corrected chi connectivity index (χ4v) is 1.29. The maximum Gasteiger partial charge on any atom is 0.0373 e. The summed E-state index contributed by atoms with van der Waals surface area (Å²) in [7, 11) is 2.00. The molecule has 0 saturated carbocycles. The van der Waals surface area contributed by atoms with Gasteiger partial charge in [0.2, 0.25) is 0 Å². The van der Waals surface area contributed by atoms with Gasteiger partial charge in [-0.1, -0.05) is 23.8 Å². The number of likely N-dealkylation sites (N-methyl/N-ethyl adjacent to an activating group) is 1.